The largest absolute Gasteiger partial charge is 0.489 e. The molecule has 0 radical (unpaired) electrons. The van der Waals surface area contributed by atoms with Crippen LogP contribution in [-0.2, 0) is 0 Å². The summed E-state index contributed by atoms with van der Waals surface area (Å²) in [5.41, 5.74) is 5.34. The zero-order valence-electron chi connectivity index (χ0n) is 9.57. The number of nitrogens with zero attached hydrogens (tertiary/aromatic N) is 2. The van der Waals surface area contributed by atoms with Crippen molar-refractivity contribution in [3.05, 3.63) is 6.33 Å². The number of nitrogen functional groups attached to an aromatic ring is 1. The lowest BCUT2D eigenvalue weighted by Gasteiger charge is -2.24. The highest BCUT2D eigenvalue weighted by Crippen LogP contribution is 2.31. The van der Waals surface area contributed by atoms with Gasteiger partial charge in [0.05, 0.1) is 7.11 Å². The van der Waals surface area contributed by atoms with Crippen LogP contribution in [0.25, 0.3) is 0 Å². The van der Waals surface area contributed by atoms with Crippen LogP contribution in [0.15, 0.2) is 6.33 Å². The van der Waals surface area contributed by atoms with Crippen LogP contribution >= 0.6 is 0 Å². The van der Waals surface area contributed by atoms with Crippen molar-refractivity contribution in [2.24, 2.45) is 0 Å². The second-order valence-corrected chi connectivity index (χ2v) is 3.81. The minimum atomic E-state index is -0.298. The normalized spacial score (nSPS) is 11.2. The average molecular weight is 211 g/mol. The van der Waals surface area contributed by atoms with Gasteiger partial charge in [-0.05, 0) is 20.3 Å². The zero-order valence-corrected chi connectivity index (χ0v) is 9.57. The average Bonchev–Trinajstić information content (AvgIpc) is 2.18. The van der Waals surface area contributed by atoms with Crippen LogP contribution in [0.5, 0.6) is 11.6 Å². The molecule has 0 spiro atoms. The van der Waals surface area contributed by atoms with Gasteiger partial charge in [0.2, 0.25) is 5.75 Å². The quantitative estimate of drug-likeness (QED) is 0.819. The van der Waals surface area contributed by atoms with E-state index in [1.54, 1.807) is 0 Å². The molecule has 1 rings (SSSR count). The van der Waals surface area contributed by atoms with Gasteiger partial charge < -0.3 is 15.2 Å². The van der Waals surface area contributed by atoms with Crippen molar-refractivity contribution in [3.63, 3.8) is 0 Å². The maximum atomic E-state index is 5.70. The van der Waals surface area contributed by atoms with Gasteiger partial charge >= 0.3 is 0 Å². The van der Waals surface area contributed by atoms with E-state index >= 15 is 0 Å². The number of ether oxygens (including phenoxy) is 2. The van der Waals surface area contributed by atoms with Gasteiger partial charge in [-0.15, -0.1) is 0 Å². The van der Waals surface area contributed by atoms with Gasteiger partial charge in [0.1, 0.15) is 11.9 Å². The van der Waals surface area contributed by atoms with Gasteiger partial charge in [0.15, 0.2) is 5.82 Å². The third-order valence-electron chi connectivity index (χ3n) is 2.23. The molecular weight excluding hydrogens is 194 g/mol. The molecule has 1 aromatic rings. The number of anilines is 1. The predicted octanol–water partition coefficient (Wildman–Crippen LogP) is 1.63. The Hall–Kier alpha value is -1.52. The first kappa shape index (κ1) is 11.6. The topological polar surface area (TPSA) is 70.3 Å². The molecule has 1 aromatic heterocycles. The lowest BCUT2D eigenvalue weighted by Crippen LogP contribution is -2.27. The molecule has 0 amide bonds. The minimum Gasteiger partial charge on any atom is -0.489 e. The first-order valence-corrected chi connectivity index (χ1v) is 4.83. The molecule has 0 bridgehead atoms. The molecule has 0 saturated heterocycles. The zero-order chi connectivity index (χ0) is 11.5. The molecule has 1 heterocycles. The van der Waals surface area contributed by atoms with Gasteiger partial charge in [0, 0.05) is 0 Å². The Morgan fingerprint density at radius 1 is 1.40 bits per heavy atom. The van der Waals surface area contributed by atoms with Crippen LogP contribution < -0.4 is 15.2 Å². The van der Waals surface area contributed by atoms with Crippen molar-refractivity contribution in [2.75, 3.05) is 12.8 Å². The van der Waals surface area contributed by atoms with E-state index in [0.29, 0.717) is 11.6 Å². The minimum absolute atomic E-state index is 0.286. The van der Waals surface area contributed by atoms with E-state index in [2.05, 4.69) is 9.97 Å². The highest BCUT2D eigenvalue weighted by molar-refractivity contribution is 5.51. The maximum Gasteiger partial charge on any atom is 0.263 e. The third kappa shape index (κ3) is 2.71. The van der Waals surface area contributed by atoms with Crippen LogP contribution in [-0.4, -0.2) is 22.7 Å². The number of nitrogens with two attached hydrogens (primary N) is 1. The first-order chi connectivity index (χ1) is 7.00. The Labute approximate surface area is 89.6 Å². The first-order valence-electron chi connectivity index (χ1n) is 4.83. The Bertz CT molecular complexity index is 339. The van der Waals surface area contributed by atoms with Gasteiger partial charge in [-0.2, -0.15) is 4.98 Å². The van der Waals surface area contributed by atoms with Crippen LogP contribution in [0.1, 0.15) is 27.2 Å². The molecule has 2 N–H and O–H groups in total. The maximum absolute atomic E-state index is 5.70. The Morgan fingerprint density at radius 2 is 2.07 bits per heavy atom. The summed E-state index contributed by atoms with van der Waals surface area (Å²) in [6, 6.07) is 0. The molecule has 0 saturated carbocycles. The number of methoxy groups -OCH3 is 1. The van der Waals surface area contributed by atoms with Gasteiger partial charge in [0.25, 0.3) is 5.88 Å². The Kier molecular flexibility index (Phi) is 3.34. The van der Waals surface area contributed by atoms with E-state index < -0.39 is 0 Å². The highest BCUT2D eigenvalue weighted by atomic mass is 16.5. The summed E-state index contributed by atoms with van der Waals surface area (Å²) >= 11 is 0. The monoisotopic (exact) mass is 211 g/mol. The van der Waals surface area contributed by atoms with Crippen molar-refractivity contribution in [2.45, 2.75) is 32.8 Å². The Balaban J connectivity index is 2.99. The summed E-state index contributed by atoms with van der Waals surface area (Å²) in [5, 5.41) is 0. The number of aromatic nitrogens is 2. The lowest BCUT2D eigenvalue weighted by molar-refractivity contribution is 0.0943. The molecular formula is C10H17N3O2. The molecule has 0 atom stereocenters. The summed E-state index contributed by atoms with van der Waals surface area (Å²) in [6.45, 7) is 5.99. The third-order valence-corrected chi connectivity index (χ3v) is 2.23. The van der Waals surface area contributed by atoms with Crippen LogP contribution in [0, 0.1) is 0 Å². The second kappa shape index (κ2) is 4.33. The SMILES string of the molecule is CCC(C)(C)Oc1ncnc(N)c1OC. The fourth-order valence-electron chi connectivity index (χ4n) is 0.969. The van der Waals surface area contributed by atoms with Crippen LogP contribution in [0.4, 0.5) is 5.82 Å². The lowest BCUT2D eigenvalue weighted by atomic mass is 10.1. The van der Waals surface area contributed by atoms with Crippen molar-refractivity contribution in [1.82, 2.24) is 9.97 Å². The van der Waals surface area contributed by atoms with E-state index in [4.69, 9.17) is 15.2 Å². The molecule has 5 nitrogen and oxygen atoms in total. The Morgan fingerprint density at radius 3 is 2.60 bits per heavy atom. The predicted molar refractivity (Wildman–Crippen MR) is 58.0 cm³/mol. The van der Waals surface area contributed by atoms with Gasteiger partial charge in [-0.1, -0.05) is 6.92 Å². The van der Waals surface area contributed by atoms with Gasteiger partial charge in [-0.3, -0.25) is 0 Å². The van der Waals surface area contributed by atoms with Crippen molar-refractivity contribution in [3.8, 4) is 11.6 Å². The van der Waals surface area contributed by atoms with Crippen molar-refractivity contribution < 1.29 is 9.47 Å². The van der Waals surface area contributed by atoms with Gasteiger partial charge in [-0.25, -0.2) is 4.98 Å². The fraction of sp³-hybridized carbons (Fsp3) is 0.600. The summed E-state index contributed by atoms with van der Waals surface area (Å²) in [6.07, 6.45) is 2.22. The molecule has 0 aliphatic carbocycles. The summed E-state index contributed by atoms with van der Waals surface area (Å²) < 4.78 is 10.8. The fourth-order valence-corrected chi connectivity index (χ4v) is 0.969. The molecule has 0 aromatic carbocycles. The van der Waals surface area contributed by atoms with Crippen molar-refractivity contribution >= 4 is 5.82 Å². The van der Waals surface area contributed by atoms with E-state index in [1.165, 1.54) is 13.4 Å². The van der Waals surface area contributed by atoms with E-state index in [9.17, 15) is 0 Å². The summed E-state index contributed by atoms with van der Waals surface area (Å²) in [4.78, 5) is 7.83. The molecule has 0 aliphatic rings. The number of rotatable bonds is 4. The smallest absolute Gasteiger partial charge is 0.263 e. The number of hydrogen-bond acceptors (Lipinski definition) is 5. The van der Waals surface area contributed by atoms with E-state index in [1.807, 2.05) is 20.8 Å². The van der Waals surface area contributed by atoms with Crippen LogP contribution in [0.2, 0.25) is 0 Å². The van der Waals surface area contributed by atoms with E-state index in [0.717, 1.165) is 6.42 Å². The second-order valence-electron chi connectivity index (χ2n) is 3.81. The molecule has 0 unspecified atom stereocenters. The van der Waals surface area contributed by atoms with E-state index in [-0.39, 0.29) is 11.4 Å². The van der Waals surface area contributed by atoms with Crippen molar-refractivity contribution in [1.29, 1.82) is 0 Å². The molecule has 5 heteroatoms. The molecule has 0 fully saturated rings. The molecule has 84 valence electrons. The molecule has 15 heavy (non-hydrogen) atoms. The molecule has 0 aliphatic heterocycles. The standard InChI is InChI=1S/C10H17N3O2/c1-5-10(2,3)15-9-7(14-4)8(11)12-6-13-9/h6H,5H2,1-4H3,(H2,11,12,13). The highest BCUT2D eigenvalue weighted by Gasteiger charge is 2.21. The number of hydrogen-bond donors (Lipinski definition) is 1. The summed E-state index contributed by atoms with van der Waals surface area (Å²) in [5.74, 6) is 1.06. The van der Waals surface area contributed by atoms with Crippen LogP contribution in [0.3, 0.4) is 0 Å². The summed E-state index contributed by atoms with van der Waals surface area (Å²) in [7, 11) is 1.51.